The van der Waals surface area contributed by atoms with Crippen LogP contribution in [0.3, 0.4) is 0 Å². The number of hydrogen-bond donors (Lipinski definition) is 2. The Bertz CT molecular complexity index is 761. The molecule has 0 spiro atoms. The fourth-order valence-electron chi connectivity index (χ4n) is 3.01. The molecule has 136 valence electrons. The molecule has 1 saturated heterocycles. The number of hydrogen-bond acceptors (Lipinski definition) is 2. The van der Waals surface area contributed by atoms with E-state index in [0.29, 0.717) is 12.1 Å². The molecule has 1 amide bonds. The lowest BCUT2D eigenvalue weighted by molar-refractivity contribution is 0.0922. The summed E-state index contributed by atoms with van der Waals surface area (Å²) in [6.45, 7) is 2.28. The number of rotatable bonds is 4. The lowest BCUT2D eigenvalue weighted by atomic mass is 10.0. The molecule has 2 aromatic carbocycles. The van der Waals surface area contributed by atoms with E-state index in [1.807, 2.05) is 18.2 Å². The summed E-state index contributed by atoms with van der Waals surface area (Å²) in [5.41, 5.74) is 1.54. The summed E-state index contributed by atoms with van der Waals surface area (Å²) in [4.78, 5) is 14.3. The van der Waals surface area contributed by atoms with Gasteiger partial charge in [0.15, 0.2) is 5.11 Å². The van der Waals surface area contributed by atoms with Gasteiger partial charge in [-0.3, -0.25) is 4.79 Å². The SMILES string of the molecule is O=C(NC1CCN(C(=S)NCc2ccccc2)CC1)c1cccc(F)c1. The van der Waals surface area contributed by atoms with E-state index in [4.69, 9.17) is 12.2 Å². The second-order valence-electron chi connectivity index (χ2n) is 6.39. The van der Waals surface area contributed by atoms with Gasteiger partial charge in [0, 0.05) is 31.2 Å². The van der Waals surface area contributed by atoms with Crippen molar-refractivity contribution in [2.24, 2.45) is 0 Å². The van der Waals surface area contributed by atoms with Gasteiger partial charge in [-0.2, -0.15) is 0 Å². The molecule has 4 nitrogen and oxygen atoms in total. The molecule has 0 bridgehead atoms. The number of carbonyl (C=O) groups excluding carboxylic acids is 1. The summed E-state index contributed by atoms with van der Waals surface area (Å²) < 4.78 is 13.2. The first-order valence-corrected chi connectivity index (χ1v) is 9.16. The molecular formula is C20H22FN3OS. The molecule has 0 radical (unpaired) electrons. The highest BCUT2D eigenvalue weighted by atomic mass is 32.1. The number of halogens is 1. The minimum Gasteiger partial charge on any atom is -0.358 e. The molecule has 2 aromatic rings. The van der Waals surface area contributed by atoms with Gasteiger partial charge in [0.25, 0.3) is 5.91 Å². The molecule has 1 aliphatic rings. The maximum absolute atomic E-state index is 13.2. The van der Waals surface area contributed by atoms with Crippen LogP contribution in [0.5, 0.6) is 0 Å². The van der Waals surface area contributed by atoms with Gasteiger partial charge in [-0.15, -0.1) is 0 Å². The minimum atomic E-state index is -0.401. The smallest absolute Gasteiger partial charge is 0.251 e. The first-order valence-electron chi connectivity index (χ1n) is 8.75. The maximum atomic E-state index is 13.2. The molecule has 0 unspecified atom stereocenters. The summed E-state index contributed by atoms with van der Waals surface area (Å²) in [7, 11) is 0. The second-order valence-corrected chi connectivity index (χ2v) is 6.78. The number of nitrogens with zero attached hydrogens (tertiary/aromatic N) is 1. The molecule has 0 aliphatic carbocycles. The van der Waals surface area contributed by atoms with Crippen LogP contribution in [0.15, 0.2) is 54.6 Å². The average Bonchev–Trinajstić information content (AvgIpc) is 2.67. The summed E-state index contributed by atoms with van der Waals surface area (Å²) in [5.74, 6) is -0.630. The zero-order valence-electron chi connectivity index (χ0n) is 14.5. The van der Waals surface area contributed by atoms with Crippen molar-refractivity contribution in [3.8, 4) is 0 Å². The van der Waals surface area contributed by atoms with E-state index in [-0.39, 0.29) is 11.9 Å². The molecule has 26 heavy (non-hydrogen) atoms. The van der Waals surface area contributed by atoms with Gasteiger partial charge < -0.3 is 15.5 Å². The molecule has 6 heteroatoms. The molecular weight excluding hydrogens is 349 g/mol. The van der Waals surface area contributed by atoms with Crippen LogP contribution in [-0.4, -0.2) is 35.1 Å². The summed E-state index contributed by atoms with van der Waals surface area (Å²) >= 11 is 5.48. The molecule has 3 rings (SSSR count). The lowest BCUT2D eigenvalue weighted by Gasteiger charge is -2.34. The molecule has 1 fully saturated rings. The van der Waals surface area contributed by atoms with Crippen LogP contribution in [0.1, 0.15) is 28.8 Å². The molecule has 1 aliphatic heterocycles. The predicted molar refractivity (Wildman–Crippen MR) is 104 cm³/mol. The largest absolute Gasteiger partial charge is 0.358 e. The van der Waals surface area contributed by atoms with Crippen molar-refractivity contribution < 1.29 is 9.18 Å². The lowest BCUT2D eigenvalue weighted by Crippen LogP contribution is -2.49. The second kappa shape index (κ2) is 8.76. The van der Waals surface area contributed by atoms with Crippen molar-refractivity contribution in [3.05, 3.63) is 71.5 Å². The van der Waals surface area contributed by atoms with E-state index in [2.05, 4.69) is 27.7 Å². The number of piperidine rings is 1. The fourth-order valence-corrected chi connectivity index (χ4v) is 3.27. The Hall–Kier alpha value is -2.47. The van der Waals surface area contributed by atoms with E-state index in [1.165, 1.54) is 17.7 Å². The van der Waals surface area contributed by atoms with Crippen molar-refractivity contribution in [3.63, 3.8) is 0 Å². The molecule has 0 atom stereocenters. The monoisotopic (exact) mass is 371 g/mol. The third-order valence-corrected chi connectivity index (χ3v) is 4.89. The normalized spacial score (nSPS) is 14.7. The Balaban J connectivity index is 1.43. The van der Waals surface area contributed by atoms with Gasteiger partial charge in [0.05, 0.1) is 0 Å². The molecule has 0 aromatic heterocycles. The van der Waals surface area contributed by atoms with Crippen LogP contribution < -0.4 is 10.6 Å². The van der Waals surface area contributed by atoms with E-state index in [0.717, 1.165) is 31.0 Å². The molecule has 2 N–H and O–H groups in total. The quantitative estimate of drug-likeness (QED) is 0.811. The van der Waals surface area contributed by atoms with E-state index in [9.17, 15) is 9.18 Å². The summed E-state index contributed by atoms with van der Waals surface area (Å²) in [6.07, 6.45) is 1.63. The number of thiocarbonyl (C=S) groups is 1. The van der Waals surface area contributed by atoms with Crippen molar-refractivity contribution >= 4 is 23.2 Å². The van der Waals surface area contributed by atoms with Crippen molar-refractivity contribution in [2.45, 2.75) is 25.4 Å². The number of nitrogens with one attached hydrogen (secondary N) is 2. The first-order chi connectivity index (χ1) is 12.6. The van der Waals surface area contributed by atoms with E-state index >= 15 is 0 Å². The maximum Gasteiger partial charge on any atom is 0.251 e. The van der Waals surface area contributed by atoms with Crippen LogP contribution in [0.4, 0.5) is 4.39 Å². The standard InChI is InChI=1S/C20H22FN3OS/c21-17-8-4-7-16(13-17)19(25)23-18-9-11-24(12-10-18)20(26)22-14-15-5-2-1-3-6-15/h1-8,13,18H,9-12,14H2,(H,22,26)(H,23,25). The third kappa shape index (κ3) is 5.02. The zero-order chi connectivity index (χ0) is 18.4. The van der Waals surface area contributed by atoms with Crippen molar-refractivity contribution in [2.75, 3.05) is 13.1 Å². The third-order valence-electron chi connectivity index (χ3n) is 4.49. The highest BCUT2D eigenvalue weighted by Crippen LogP contribution is 2.12. The van der Waals surface area contributed by atoms with Crippen molar-refractivity contribution in [1.29, 1.82) is 0 Å². The Morgan fingerprint density at radius 1 is 1.12 bits per heavy atom. The van der Waals surface area contributed by atoms with Crippen LogP contribution >= 0.6 is 12.2 Å². The summed E-state index contributed by atoms with van der Waals surface area (Å²) in [6, 6.07) is 16.0. The first kappa shape index (κ1) is 18.3. The Kier molecular flexibility index (Phi) is 6.17. The van der Waals surface area contributed by atoms with Crippen LogP contribution in [-0.2, 0) is 6.54 Å². The minimum absolute atomic E-state index is 0.0824. The van der Waals surface area contributed by atoms with Gasteiger partial charge in [-0.25, -0.2) is 4.39 Å². The van der Waals surface area contributed by atoms with E-state index in [1.54, 1.807) is 12.1 Å². The number of amides is 1. The molecule has 0 saturated carbocycles. The van der Waals surface area contributed by atoms with Crippen molar-refractivity contribution in [1.82, 2.24) is 15.5 Å². The fraction of sp³-hybridized carbons (Fsp3) is 0.300. The summed E-state index contributed by atoms with van der Waals surface area (Å²) in [5, 5.41) is 7.01. The van der Waals surface area contributed by atoms with Crippen LogP contribution in [0.2, 0.25) is 0 Å². The van der Waals surface area contributed by atoms with E-state index < -0.39 is 5.82 Å². The predicted octanol–water partition coefficient (Wildman–Crippen LogP) is 3.09. The Morgan fingerprint density at radius 2 is 1.85 bits per heavy atom. The van der Waals surface area contributed by atoms with Gasteiger partial charge in [-0.05, 0) is 48.8 Å². The number of likely N-dealkylation sites (tertiary alicyclic amines) is 1. The van der Waals surface area contributed by atoms with Gasteiger partial charge in [-0.1, -0.05) is 36.4 Å². The van der Waals surface area contributed by atoms with Gasteiger partial charge >= 0.3 is 0 Å². The number of carbonyl (C=O) groups is 1. The topological polar surface area (TPSA) is 44.4 Å². The van der Waals surface area contributed by atoms with Gasteiger partial charge in [0.1, 0.15) is 5.82 Å². The molecule has 1 heterocycles. The Labute approximate surface area is 158 Å². The number of benzene rings is 2. The highest BCUT2D eigenvalue weighted by molar-refractivity contribution is 7.80. The van der Waals surface area contributed by atoms with Crippen LogP contribution in [0, 0.1) is 5.82 Å². The van der Waals surface area contributed by atoms with Gasteiger partial charge in [0.2, 0.25) is 0 Å². The van der Waals surface area contributed by atoms with Crippen LogP contribution in [0.25, 0.3) is 0 Å². The highest BCUT2D eigenvalue weighted by Gasteiger charge is 2.22. The zero-order valence-corrected chi connectivity index (χ0v) is 15.3. The Morgan fingerprint density at radius 3 is 2.54 bits per heavy atom. The average molecular weight is 371 g/mol.